The second kappa shape index (κ2) is 6.32. The zero-order chi connectivity index (χ0) is 17.3. The Labute approximate surface area is 141 Å². The van der Waals surface area contributed by atoms with Gasteiger partial charge in [-0.2, -0.15) is 0 Å². The average Bonchev–Trinajstić information content (AvgIpc) is 2.88. The van der Waals surface area contributed by atoms with Crippen molar-refractivity contribution in [2.45, 2.75) is 26.8 Å². The van der Waals surface area contributed by atoms with Gasteiger partial charge in [-0.1, -0.05) is 30.3 Å². The van der Waals surface area contributed by atoms with Crippen LogP contribution in [0.3, 0.4) is 0 Å². The topological polar surface area (TPSA) is 58.2 Å². The summed E-state index contributed by atoms with van der Waals surface area (Å²) in [4.78, 5) is 24.3. The fourth-order valence-electron chi connectivity index (χ4n) is 2.83. The number of carbonyl (C=O) groups excluding carboxylic acids is 2. The standard InChI is InChI=1S/C20H20N2O2/c1-12(2)21-19(14-7-5-4-6-8-14)18-16-11-15(13(3)23)9-10-17(16)22-20(18)24/h4-12,21H,1-3H3,(H,22,24). The molecule has 0 aliphatic carbocycles. The minimum atomic E-state index is -0.155. The number of rotatable bonds is 4. The van der Waals surface area contributed by atoms with E-state index in [9.17, 15) is 9.59 Å². The van der Waals surface area contributed by atoms with Gasteiger partial charge >= 0.3 is 0 Å². The number of hydrogen-bond donors (Lipinski definition) is 2. The van der Waals surface area contributed by atoms with Crippen molar-refractivity contribution in [2.24, 2.45) is 0 Å². The van der Waals surface area contributed by atoms with Crippen molar-refractivity contribution in [1.82, 2.24) is 5.32 Å². The Kier molecular flexibility index (Phi) is 4.21. The fraction of sp³-hybridized carbons (Fsp3) is 0.200. The van der Waals surface area contributed by atoms with Gasteiger partial charge in [0.25, 0.3) is 5.91 Å². The summed E-state index contributed by atoms with van der Waals surface area (Å²) in [5.41, 5.74) is 4.39. The SMILES string of the molecule is CC(=O)c1ccc2c(c1)C(=C(NC(C)C)c1ccccc1)C(=O)N2. The lowest BCUT2D eigenvalue weighted by Crippen LogP contribution is -2.23. The van der Waals surface area contributed by atoms with Crippen molar-refractivity contribution < 1.29 is 9.59 Å². The first-order chi connectivity index (χ1) is 11.5. The maximum absolute atomic E-state index is 12.6. The van der Waals surface area contributed by atoms with Crippen LogP contribution in [0.2, 0.25) is 0 Å². The third kappa shape index (κ3) is 2.95. The molecule has 4 heteroatoms. The molecule has 0 atom stereocenters. The van der Waals surface area contributed by atoms with Crippen LogP contribution in [-0.2, 0) is 4.79 Å². The number of Topliss-reactive ketones (excluding diaryl/α,β-unsaturated/α-hetero) is 1. The molecule has 2 aromatic rings. The molecule has 2 aromatic carbocycles. The first-order valence-electron chi connectivity index (χ1n) is 8.00. The minimum Gasteiger partial charge on any atom is -0.382 e. The van der Waals surface area contributed by atoms with Crippen molar-refractivity contribution in [1.29, 1.82) is 0 Å². The molecule has 3 rings (SSSR count). The molecule has 122 valence electrons. The van der Waals surface area contributed by atoms with E-state index in [4.69, 9.17) is 0 Å². The lowest BCUT2D eigenvalue weighted by molar-refractivity contribution is -0.110. The second-order valence-electron chi connectivity index (χ2n) is 6.19. The second-order valence-corrected chi connectivity index (χ2v) is 6.19. The van der Waals surface area contributed by atoms with E-state index in [1.54, 1.807) is 18.2 Å². The molecule has 4 nitrogen and oxygen atoms in total. The number of hydrogen-bond acceptors (Lipinski definition) is 3. The van der Waals surface area contributed by atoms with Crippen LogP contribution in [-0.4, -0.2) is 17.7 Å². The molecule has 1 aliphatic rings. The molecule has 0 bridgehead atoms. The van der Waals surface area contributed by atoms with Crippen molar-refractivity contribution in [3.63, 3.8) is 0 Å². The van der Waals surface area contributed by atoms with Gasteiger partial charge in [0.05, 0.1) is 11.3 Å². The number of ketones is 1. The highest BCUT2D eigenvalue weighted by molar-refractivity contribution is 6.36. The summed E-state index contributed by atoms with van der Waals surface area (Å²) >= 11 is 0. The maximum atomic E-state index is 12.6. The Morgan fingerprint density at radius 2 is 1.75 bits per heavy atom. The van der Waals surface area contributed by atoms with Crippen LogP contribution in [0, 0.1) is 0 Å². The van der Waals surface area contributed by atoms with Crippen LogP contribution in [0.5, 0.6) is 0 Å². The summed E-state index contributed by atoms with van der Waals surface area (Å²) in [5, 5.41) is 6.28. The Balaban J connectivity index is 2.24. The normalized spacial score (nSPS) is 15.1. The molecule has 1 aliphatic heterocycles. The Morgan fingerprint density at radius 1 is 1.04 bits per heavy atom. The molecular weight excluding hydrogens is 300 g/mol. The van der Waals surface area contributed by atoms with Gasteiger partial charge in [-0.05, 0) is 44.5 Å². The molecule has 2 N–H and O–H groups in total. The number of carbonyl (C=O) groups is 2. The van der Waals surface area contributed by atoms with E-state index in [0.717, 1.165) is 22.5 Å². The highest BCUT2D eigenvalue weighted by Crippen LogP contribution is 2.37. The number of benzene rings is 2. The number of amides is 1. The van der Waals surface area contributed by atoms with Gasteiger partial charge in [0, 0.05) is 22.9 Å². The molecule has 0 saturated carbocycles. The van der Waals surface area contributed by atoms with Crippen molar-refractivity contribution >= 4 is 28.6 Å². The fourth-order valence-corrected chi connectivity index (χ4v) is 2.83. The summed E-state index contributed by atoms with van der Waals surface area (Å²) in [6, 6.07) is 15.2. The van der Waals surface area contributed by atoms with Gasteiger partial charge < -0.3 is 10.6 Å². The van der Waals surface area contributed by atoms with Gasteiger partial charge in [-0.3, -0.25) is 9.59 Å². The van der Waals surface area contributed by atoms with E-state index in [1.165, 1.54) is 6.92 Å². The third-order valence-corrected chi connectivity index (χ3v) is 3.92. The van der Waals surface area contributed by atoms with Gasteiger partial charge in [0.1, 0.15) is 0 Å². The van der Waals surface area contributed by atoms with Crippen LogP contribution < -0.4 is 10.6 Å². The van der Waals surface area contributed by atoms with Gasteiger partial charge in [-0.15, -0.1) is 0 Å². The Bertz CT molecular complexity index is 836. The quantitative estimate of drug-likeness (QED) is 0.667. The zero-order valence-electron chi connectivity index (χ0n) is 14.0. The summed E-state index contributed by atoms with van der Waals surface area (Å²) in [6.07, 6.45) is 0. The van der Waals surface area contributed by atoms with Crippen LogP contribution in [0.4, 0.5) is 5.69 Å². The van der Waals surface area contributed by atoms with E-state index in [0.29, 0.717) is 11.1 Å². The Hall–Kier alpha value is -2.88. The Morgan fingerprint density at radius 3 is 2.38 bits per heavy atom. The van der Waals surface area contributed by atoms with Gasteiger partial charge in [-0.25, -0.2) is 0 Å². The number of anilines is 1. The van der Waals surface area contributed by atoms with Crippen molar-refractivity contribution in [3.8, 4) is 0 Å². The van der Waals surface area contributed by atoms with E-state index >= 15 is 0 Å². The van der Waals surface area contributed by atoms with Crippen molar-refractivity contribution in [2.75, 3.05) is 5.32 Å². The van der Waals surface area contributed by atoms with Crippen LogP contribution in [0.25, 0.3) is 11.3 Å². The average molecular weight is 320 g/mol. The molecule has 0 aromatic heterocycles. The molecular formula is C20H20N2O2. The summed E-state index contributed by atoms with van der Waals surface area (Å²) < 4.78 is 0. The predicted octanol–water partition coefficient (Wildman–Crippen LogP) is 3.71. The molecule has 0 fully saturated rings. The highest BCUT2D eigenvalue weighted by atomic mass is 16.2. The van der Waals surface area contributed by atoms with E-state index in [2.05, 4.69) is 10.6 Å². The maximum Gasteiger partial charge on any atom is 0.258 e. The molecule has 0 saturated heterocycles. The number of nitrogens with one attached hydrogen (secondary N) is 2. The van der Waals surface area contributed by atoms with E-state index in [1.807, 2.05) is 44.2 Å². The summed E-state index contributed by atoms with van der Waals surface area (Å²) in [5.74, 6) is -0.174. The molecule has 0 radical (unpaired) electrons. The molecule has 0 spiro atoms. The largest absolute Gasteiger partial charge is 0.382 e. The molecule has 1 amide bonds. The predicted molar refractivity (Wildman–Crippen MR) is 96.6 cm³/mol. The zero-order valence-corrected chi connectivity index (χ0v) is 14.0. The first kappa shape index (κ1) is 16.0. The highest BCUT2D eigenvalue weighted by Gasteiger charge is 2.29. The number of fused-ring (bicyclic) bond motifs is 1. The van der Waals surface area contributed by atoms with Crippen LogP contribution >= 0.6 is 0 Å². The molecule has 0 unspecified atom stereocenters. The van der Waals surface area contributed by atoms with Crippen LogP contribution in [0.15, 0.2) is 48.5 Å². The molecule has 24 heavy (non-hydrogen) atoms. The van der Waals surface area contributed by atoms with Gasteiger partial charge in [0.15, 0.2) is 5.78 Å². The summed E-state index contributed by atoms with van der Waals surface area (Å²) in [6.45, 7) is 5.59. The lowest BCUT2D eigenvalue weighted by Gasteiger charge is -2.17. The first-order valence-corrected chi connectivity index (χ1v) is 8.00. The lowest BCUT2D eigenvalue weighted by atomic mass is 9.97. The summed E-state index contributed by atoms with van der Waals surface area (Å²) in [7, 11) is 0. The van der Waals surface area contributed by atoms with Crippen LogP contribution in [0.1, 0.15) is 42.3 Å². The van der Waals surface area contributed by atoms with E-state index in [-0.39, 0.29) is 17.7 Å². The van der Waals surface area contributed by atoms with Crippen molar-refractivity contribution in [3.05, 3.63) is 65.2 Å². The van der Waals surface area contributed by atoms with Gasteiger partial charge in [0.2, 0.25) is 0 Å². The smallest absolute Gasteiger partial charge is 0.258 e. The molecule has 1 heterocycles. The third-order valence-electron chi connectivity index (χ3n) is 3.92. The minimum absolute atomic E-state index is 0.0189. The monoisotopic (exact) mass is 320 g/mol. The van der Waals surface area contributed by atoms with E-state index < -0.39 is 0 Å².